The molecule has 0 saturated carbocycles. The molecular weight excluding hydrogens is 363 g/mol. The van der Waals surface area contributed by atoms with Gasteiger partial charge in [-0.2, -0.15) is 13.2 Å². The largest absolute Gasteiger partial charge is 0.478 e. The van der Waals surface area contributed by atoms with Crippen LogP contribution in [0.2, 0.25) is 0 Å². The van der Waals surface area contributed by atoms with Gasteiger partial charge in [0.2, 0.25) is 6.10 Å². The predicted octanol–water partition coefficient (Wildman–Crippen LogP) is 4.55. The third-order valence-electron chi connectivity index (χ3n) is 3.49. The van der Waals surface area contributed by atoms with Crippen LogP contribution < -0.4 is 9.47 Å². The Bertz CT molecular complexity index is 905. The van der Waals surface area contributed by atoms with E-state index in [4.69, 9.17) is 14.6 Å². The van der Waals surface area contributed by atoms with Gasteiger partial charge in [0.15, 0.2) is 11.6 Å². The quantitative estimate of drug-likeness (QED) is 0.804. The predicted molar refractivity (Wildman–Crippen MR) is 79.0 cm³/mol. The summed E-state index contributed by atoms with van der Waals surface area (Å²) in [6.07, 6.45) is -6.77. The molecule has 1 atom stereocenters. The number of fused-ring (bicyclic) bond motifs is 1. The van der Waals surface area contributed by atoms with Gasteiger partial charge < -0.3 is 14.6 Å². The summed E-state index contributed by atoms with van der Waals surface area (Å²) in [6.45, 7) is 0. The summed E-state index contributed by atoms with van der Waals surface area (Å²) >= 11 is 0. The number of ether oxygens (including phenoxy) is 2. The van der Waals surface area contributed by atoms with E-state index < -0.39 is 41.2 Å². The second-order valence-electron chi connectivity index (χ2n) is 5.32. The first-order valence-corrected chi connectivity index (χ1v) is 7.10. The highest BCUT2D eigenvalue weighted by Crippen LogP contribution is 2.39. The van der Waals surface area contributed by atoms with Crippen molar-refractivity contribution in [3.63, 3.8) is 0 Å². The van der Waals surface area contributed by atoms with Crippen molar-refractivity contribution in [1.29, 1.82) is 0 Å². The van der Waals surface area contributed by atoms with Gasteiger partial charge in [0.05, 0.1) is 5.57 Å². The molecule has 0 spiro atoms. The molecule has 1 heterocycles. The molecule has 0 amide bonds. The summed E-state index contributed by atoms with van der Waals surface area (Å²) in [4.78, 5) is 11.0. The van der Waals surface area contributed by atoms with Crippen LogP contribution in [-0.4, -0.2) is 23.4 Å². The fourth-order valence-electron chi connectivity index (χ4n) is 2.33. The Morgan fingerprint density at radius 3 is 2.50 bits per heavy atom. The highest BCUT2D eigenvalue weighted by Gasteiger charge is 2.48. The number of rotatable bonds is 3. The van der Waals surface area contributed by atoms with E-state index in [1.54, 1.807) is 0 Å². The normalized spacial score (nSPS) is 16.3. The van der Waals surface area contributed by atoms with Gasteiger partial charge in [-0.3, -0.25) is 0 Å². The molecule has 0 aliphatic carbocycles. The summed E-state index contributed by atoms with van der Waals surface area (Å²) in [6, 6.07) is 6.03. The average molecular weight is 372 g/mol. The lowest BCUT2D eigenvalue weighted by Gasteiger charge is -2.27. The van der Waals surface area contributed by atoms with Gasteiger partial charge in [-0.1, -0.05) is 0 Å². The van der Waals surface area contributed by atoms with Crippen LogP contribution in [0, 0.1) is 11.6 Å². The minimum absolute atomic E-state index is 0.0787. The Labute approximate surface area is 143 Å². The van der Waals surface area contributed by atoms with E-state index in [1.807, 2.05) is 0 Å². The fourth-order valence-corrected chi connectivity index (χ4v) is 2.33. The summed E-state index contributed by atoms with van der Waals surface area (Å²) in [5, 5.41) is 8.95. The Morgan fingerprint density at radius 1 is 1.12 bits per heavy atom. The molecule has 136 valence electrons. The van der Waals surface area contributed by atoms with Gasteiger partial charge in [0.1, 0.15) is 17.3 Å². The Balaban J connectivity index is 1.97. The van der Waals surface area contributed by atoms with E-state index in [-0.39, 0.29) is 17.1 Å². The Morgan fingerprint density at radius 2 is 1.85 bits per heavy atom. The van der Waals surface area contributed by atoms with Crippen molar-refractivity contribution < 1.29 is 41.3 Å². The summed E-state index contributed by atoms with van der Waals surface area (Å²) in [5.74, 6) is -4.27. The van der Waals surface area contributed by atoms with Gasteiger partial charge in [-0.25, -0.2) is 13.6 Å². The molecule has 0 saturated heterocycles. The molecule has 2 aromatic rings. The van der Waals surface area contributed by atoms with Crippen molar-refractivity contribution in [2.24, 2.45) is 0 Å². The highest BCUT2D eigenvalue weighted by molar-refractivity contribution is 5.95. The molecule has 0 radical (unpaired) electrons. The molecule has 0 fully saturated rings. The number of alkyl halides is 3. The molecule has 0 aromatic heterocycles. The number of benzene rings is 2. The van der Waals surface area contributed by atoms with Crippen LogP contribution in [0.3, 0.4) is 0 Å². The van der Waals surface area contributed by atoms with Crippen molar-refractivity contribution in [3.8, 4) is 17.2 Å². The average Bonchev–Trinajstić information content (AvgIpc) is 2.56. The van der Waals surface area contributed by atoms with Gasteiger partial charge in [0.25, 0.3) is 0 Å². The zero-order valence-electron chi connectivity index (χ0n) is 12.7. The number of hydrogen-bond donors (Lipinski definition) is 1. The van der Waals surface area contributed by atoms with Gasteiger partial charge in [0, 0.05) is 17.7 Å². The number of carbonyl (C=O) groups is 1. The van der Waals surface area contributed by atoms with Crippen molar-refractivity contribution in [2.45, 2.75) is 12.3 Å². The Kier molecular flexibility index (Phi) is 4.31. The molecule has 3 rings (SSSR count). The molecule has 0 bridgehead atoms. The van der Waals surface area contributed by atoms with E-state index >= 15 is 0 Å². The van der Waals surface area contributed by atoms with Crippen molar-refractivity contribution in [3.05, 3.63) is 59.2 Å². The zero-order valence-corrected chi connectivity index (χ0v) is 12.7. The molecule has 1 unspecified atom stereocenters. The number of carboxylic acid groups (broad SMARTS) is 1. The van der Waals surface area contributed by atoms with Gasteiger partial charge in [-0.05, 0) is 30.3 Å². The summed E-state index contributed by atoms with van der Waals surface area (Å²) < 4.78 is 75.8. The maximum Gasteiger partial charge on any atom is 0.430 e. The second-order valence-corrected chi connectivity index (χ2v) is 5.32. The maximum atomic E-state index is 13.6. The van der Waals surface area contributed by atoms with Crippen LogP contribution >= 0.6 is 0 Å². The van der Waals surface area contributed by atoms with Crippen molar-refractivity contribution in [1.82, 2.24) is 0 Å². The number of hydrogen-bond acceptors (Lipinski definition) is 3. The highest BCUT2D eigenvalue weighted by atomic mass is 19.4. The first-order valence-electron chi connectivity index (χ1n) is 7.10. The molecule has 26 heavy (non-hydrogen) atoms. The molecule has 1 N–H and O–H groups in total. The first-order chi connectivity index (χ1) is 12.1. The van der Waals surface area contributed by atoms with E-state index in [1.165, 1.54) is 12.1 Å². The lowest BCUT2D eigenvalue weighted by Crippen LogP contribution is -2.40. The topological polar surface area (TPSA) is 55.8 Å². The molecule has 4 nitrogen and oxygen atoms in total. The van der Waals surface area contributed by atoms with Crippen molar-refractivity contribution >= 4 is 12.0 Å². The molecule has 9 heteroatoms. The first kappa shape index (κ1) is 17.7. The minimum Gasteiger partial charge on any atom is -0.478 e. The Hall–Kier alpha value is -3.10. The van der Waals surface area contributed by atoms with Crippen molar-refractivity contribution in [2.75, 3.05) is 0 Å². The van der Waals surface area contributed by atoms with E-state index in [0.29, 0.717) is 0 Å². The van der Waals surface area contributed by atoms with E-state index in [2.05, 4.69) is 0 Å². The van der Waals surface area contributed by atoms with Crippen LogP contribution in [0.1, 0.15) is 5.56 Å². The zero-order chi connectivity index (χ0) is 19.1. The maximum absolute atomic E-state index is 13.6. The van der Waals surface area contributed by atoms with Gasteiger partial charge >= 0.3 is 12.1 Å². The van der Waals surface area contributed by atoms with Crippen LogP contribution in [0.15, 0.2) is 42.0 Å². The summed E-state index contributed by atoms with van der Waals surface area (Å²) in [7, 11) is 0. The summed E-state index contributed by atoms with van der Waals surface area (Å²) in [5.41, 5.74) is -0.884. The lowest BCUT2D eigenvalue weighted by molar-refractivity contribution is -0.187. The SMILES string of the molecule is O=C(O)C1=Cc2ccc(Oc3cc(F)ccc3F)cc2OC1C(F)(F)F. The molecule has 1 aliphatic heterocycles. The number of halogens is 5. The molecular formula is C17H9F5O4. The smallest absolute Gasteiger partial charge is 0.430 e. The van der Waals surface area contributed by atoms with Crippen LogP contribution in [0.25, 0.3) is 6.08 Å². The van der Waals surface area contributed by atoms with Crippen LogP contribution in [0.5, 0.6) is 17.2 Å². The van der Waals surface area contributed by atoms with E-state index in [0.717, 1.165) is 30.3 Å². The number of carboxylic acids is 1. The molecule has 1 aliphatic rings. The van der Waals surface area contributed by atoms with E-state index in [9.17, 15) is 26.7 Å². The monoisotopic (exact) mass is 372 g/mol. The van der Waals surface area contributed by atoms with Crippen LogP contribution in [0.4, 0.5) is 22.0 Å². The standard InChI is InChI=1S/C17H9F5O4/c18-9-2-4-12(19)14(6-9)25-10-3-1-8-5-11(16(23)24)15(17(20,21)22)26-13(8)7-10/h1-7,15H,(H,23,24). The lowest BCUT2D eigenvalue weighted by atomic mass is 10.0. The van der Waals surface area contributed by atoms with Crippen LogP contribution in [-0.2, 0) is 4.79 Å². The number of aliphatic carboxylic acids is 1. The van der Waals surface area contributed by atoms with Gasteiger partial charge in [-0.15, -0.1) is 0 Å². The second kappa shape index (κ2) is 6.32. The fraction of sp³-hybridized carbons (Fsp3) is 0.118. The third-order valence-corrected chi connectivity index (χ3v) is 3.49. The minimum atomic E-state index is -4.95. The third kappa shape index (κ3) is 3.46. The molecule has 2 aromatic carbocycles.